The second-order valence-corrected chi connectivity index (χ2v) is 11.6. The van der Waals surface area contributed by atoms with Gasteiger partial charge in [0.15, 0.2) is 0 Å². The number of amides is 1. The monoisotopic (exact) mass is 619 g/mol. The van der Waals surface area contributed by atoms with E-state index in [4.69, 9.17) is 31.6 Å². The van der Waals surface area contributed by atoms with Gasteiger partial charge in [0.25, 0.3) is 0 Å². The van der Waals surface area contributed by atoms with E-state index in [9.17, 15) is 9.18 Å². The second kappa shape index (κ2) is 14.7. The van der Waals surface area contributed by atoms with E-state index < -0.39 is 6.67 Å². The lowest BCUT2D eigenvalue weighted by Crippen LogP contribution is -2.49. The summed E-state index contributed by atoms with van der Waals surface area (Å²) in [6, 6.07) is 14.8. The zero-order chi connectivity index (χ0) is 31.1. The van der Waals surface area contributed by atoms with Gasteiger partial charge in [-0.25, -0.2) is 4.39 Å². The third kappa shape index (κ3) is 7.06. The van der Waals surface area contributed by atoms with Gasteiger partial charge in [-0.15, -0.1) is 0 Å². The number of likely N-dealkylation sites (N-methyl/N-ethyl adjacent to an activating group) is 1. The van der Waals surface area contributed by atoms with E-state index in [-0.39, 0.29) is 5.91 Å². The molecule has 1 unspecified atom stereocenters. The van der Waals surface area contributed by atoms with Crippen LogP contribution in [0.5, 0.6) is 6.01 Å². The van der Waals surface area contributed by atoms with Crippen molar-refractivity contribution in [1.29, 1.82) is 5.26 Å². The third-order valence-corrected chi connectivity index (χ3v) is 8.83. The molecule has 0 bridgehead atoms. The number of benzene rings is 2. The molecule has 2 fully saturated rings. The first-order valence-electron chi connectivity index (χ1n) is 15.2. The number of nitrogens with zero attached hydrogens (tertiary/aromatic N) is 7. The van der Waals surface area contributed by atoms with Gasteiger partial charge >= 0.3 is 6.01 Å². The van der Waals surface area contributed by atoms with E-state index in [1.165, 1.54) is 25.5 Å². The van der Waals surface area contributed by atoms with Crippen LogP contribution in [0.25, 0.3) is 10.8 Å². The number of fused-ring (bicyclic) bond motifs is 2. The van der Waals surface area contributed by atoms with Crippen LogP contribution in [0, 0.1) is 11.3 Å². The molecule has 0 aliphatic carbocycles. The number of anilines is 2. The van der Waals surface area contributed by atoms with E-state index in [1.54, 1.807) is 11.0 Å². The fourth-order valence-electron chi connectivity index (χ4n) is 6.21. The van der Waals surface area contributed by atoms with Crippen molar-refractivity contribution in [2.45, 2.75) is 38.8 Å². The van der Waals surface area contributed by atoms with Gasteiger partial charge in [-0.2, -0.15) is 15.2 Å². The first kappa shape index (κ1) is 31.5. The normalized spacial score (nSPS) is 18.6. The molecule has 3 aromatic rings. The molecule has 0 radical (unpaired) electrons. The minimum Gasteiger partial charge on any atom is -0.462 e. The van der Waals surface area contributed by atoms with Crippen molar-refractivity contribution < 1.29 is 13.9 Å². The van der Waals surface area contributed by atoms with Gasteiger partial charge in [-0.3, -0.25) is 4.79 Å². The van der Waals surface area contributed by atoms with Crippen LogP contribution in [0.15, 0.2) is 48.6 Å². The molecule has 3 aliphatic heterocycles. The Bertz CT molecular complexity index is 1530. The number of likely N-dealkylation sites (tertiary alicyclic amines) is 1. The average Bonchev–Trinajstić information content (AvgIpc) is 3.46. The van der Waals surface area contributed by atoms with Crippen LogP contribution in [-0.2, 0) is 17.8 Å². The largest absolute Gasteiger partial charge is 0.462 e. The highest BCUT2D eigenvalue weighted by Crippen LogP contribution is 2.37. The lowest BCUT2D eigenvalue weighted by atomic mass is 10.0. The van der Waals surface area contributed by atoms with Crippen LogP contribution in [-0.4, -0.2) is 91.3 Å². The first-order valence-corrected chi connectivity index (χ1v) is 15.5. The highest BCUT2D eigenvalue weighted by atomic mass is 35.5. The van der Waals surface area contributed by atoms with E-state index in [1.807, 2.05) is 12.1 Å². The molecule has 1 amide bonds. The molecule has 232 valence electrons. The second-order valence-electron chi connectivity index (χ2n) is 11.2. The molecular weight excluding hydrogens is 581 g/mol. The molecule has 3 aliphatic rings. The molecule has 4 heterocycles. The molecule has 2 aromatic carbocycles. The number of nitriles is 1. The predicted molar refractivity (Wildman–Crippen MR) is 172 cm³/mol. The molecular formula is C33H39ClFN7O2. The van der Waals surface area contributed by atoms with Crippen LogP contribution >= 0.6 is 11.6 Å². The number of allylic oxidation sites excluding steroid dienone is 1. The Morgan fingerprint density at radius 1 is 1.11 bits per heavy atom. The lowest BCUT2D eigenvalue weighted by Gasteiger charge is -2.38. The van der Waals surface area contributed by atoms with Gasteiger partial charge in [0.1, 0.15) is 19.1 Å². The number of alkyl halides is 1. The number of carbonyl (C=O) groups is 1. The number of hydrogen-bond donors (Lipinski definition) is 0. The standard InChI is InChI=1S/C31H36ClFN6O2.C2H3N/c1-36-14-5-8-23(36)21-41-31-34-26-20-39(27-10-3-7-22-6-2-9-25(32)29(22)27)15-12-24(26)30(35-31)38-18-16-37(17-19-38)28(40)11-4-13-33;1-2-3/h2-4,6-7,9-11,23H,5,8,12-21H2,1H3;1H3/b11-4+;. The molecule has 1 aromatic heterocycles. The average molecular weight is 620 g/mol. The molecule has 11 heteroatoms. The molecule has 1 atom stereocenters. The van der Waals surface area contributed by atoms with Gasteiger partial charge in [0, 0.05) is 68.4 Å². The Morgan fingerprint density at radius 3 is 2.57 bits per heavy atom. The van der Waals surface area contributed by atoms with E-state index >= 15 is 0 Å². The molecule has 0 N–H and O–H groups in total. The number of halogens is 2. The molecule has 0 spiro atoms. The minimum absolute atomic E-state index is 0.152. The van der Waals surface area contributed by atoms with Crippen LogP contribution < -0.4 is 14.5 Å². The Labute approximate surface area is 263 Å². The summed E-state index contributed by atoms with van der Waals surface area (Å²) in [7, 11) is 2.14. The van der Waals surface area contributed by atoms with Crippen LogP contribution in [0.2, 0.25) is 5.02 Å². The van der Waals surface area contributed by atoms with Crippen molar-refractivity contribution in [2.75, 3.05) is 69.4 Å². The van der Waals surface area contributed by atoms with Gasteiger partial charge in [-0.1, -0.05) is 35.9 Å². The summed E-state index contributed by atoms with van der Waals surface area (Å²) in [5.41, 5.74) is 3.20. The van der Waals surface area contributed by atoms with Crippen molar-refractivity contribution in [3.63, 3.8) is 0 Å². The Kier molecular flexibility index (Phi) is 10.5. The summed E-state index contributed by atoms with van der Waals surface area (Å²) in [6.07, 6.45) is 5.65. The summed E-state index contributed by atoms with van der Waals surface area (Å²) in [4.78, 5) is 31.0. The zero-order valence-corrected chi connectivity index (χ0v) is 26.1. The summed E-state index contributed by atoms with van der Waals surface area (Å²) >= 11 is 6.68. The number of hydrogen-bond acceptors (Lipinski definition) is 8. The van der Waals surface area contributed by atoms with E-state index in [0.29, 0.717) is 51.4 Å². The number of rotatable bonds is 7. The lowest BCUT2D eigenvalue weighted by molar-refractivity contribution is -0.126. The number of ether oxygens (including phenoxy) is 1. The Balaban J connectivity index is 0.00000123. The molecule has 44 heavy (non-hydrogen) atoms. The minimum atomic E-state index is -0.639. The van der Waals surface area contributed by atoms with E-state index in [0.717, 1.165) is 64.5 Å². The SMILES string of the molecule is CC#N.CN1CCCC1COc1nc2c(c(N3CCN(C(=O)/C=C/CF)CC3)n1)CCN(c1cccc3cccc(Cl)c13)C2. The molecule has 0 saturated carbocycles. The van der Waals surface area contributed by atoms with Crippen molar-refractivity contribution in [3.8, 4) is 12.1 Å². The number of piperazine rings is 1. The fourth-order valence-corrected chi connectivity index (χ4v) is 6.49. The van der Waals surface area contributed by atoms with Gasteiger partial charge in [0.05, 0.1) is 23.3 Å². The number of aromatic nitrogens is 2. The Morgan fingerprint density at radius 2 is 1.86 bits per heavy atom. The summed E-state index contributed by atoms with van der Waals surface area (Å²) in [6.45, 7) is 6.26. The quantitative estimate of drug-likeness (QED) is 0.341. The van der Waals surface area contributed by atoms with Crippen LogP contribution in [0.4, 0.5) is 15.9 Å². The van der Waals surface area contributed by atoms with Crippen molar-refractivity contribution in [3.05, 3.63) is 64.8 Å². The van der Waals surface area contributed by atoms with Gasteiger partial charge in [-0.05, 0) is 56.4 Å². The summed E-state index contributed by atoms with van der Waals surface area (Å²) in [5, 5.41) is 10.2. The molecule has 2 saturated heterocycles. The first-order chi connectivity index (χ1) is 21.4. The molecule has 6 rings (SSSR count). The maximum atomic E-state index is 12.5. The summed E-state index contributed by atoms with van der Waals surface area (Å²) in [5.74, 6) is 0.743. The summed E-state index contributed by atoms with van der Waals surface area (Å²) < 4.78 is 18.8. The number of carbonyl (C=O) groups excluding carboxylic acids is 1. The van der Waals surface area contributed by atoms with Crippen molar-refractivity contribution >= 4 is 39.8 Å². The highest BCUT2D eigenvalue weighted by molar-refractivity contribution is 6.36. The van der Waals surface area contributed by atoms with Crippen LogP contribution in [0.3, 0.4) is 0 Å². The van der Waals surface area contributed by atoms with E-state index in [2.05, 4.69) is 46.0 Å². The van der Waals surface area contributed by atoms with Gasteiger partial charge in [0.2, 0.25) is 5.91 Å². The Hall–Kier alpha value is -3.94. The third-order valence-electron chi connectivity index (χ3n) is 8.51. The maximum Gasteiger partial charge on any atom is 0.318 e. The topological polar surface area (TPSA) is 88.8 Å². The van der Waals surface area contributed by atoms with Crippen molar-refractivity contribution in [2.24, 2.45) is 0 Å². The molecule has 9 nitrogen and oxygen atoms in total. The predicted octanol–water partition coefficient (Wildman–Crippen LogP) is 5.02. The fraction of sp³-hybridized carbons (Fsp3) is 0.455. The maximum absolute atomic E-state index is 12.5. The van der Waals surface area contributed by atoms with Gasteiger partial charge < -0.3 is 24.3 Å². The zero-order valence-electron chi connectivity index (χ0n) is 25.4. The highest BCUT2D eigenvalue weighted by Gasteiger charge is 2.30. The smallest absolute Gasteiger partial charge is 0.318 e. The van der Waals surface area contributed by atoms with Crippen molar-refractivity contribution in [1.82, 2.24) is 19.8 Å². The van der Waals surface area contributed by atoms with Crippen LogP contribution in [0.1, 0.15) is 31.0 Å².